The Balaban J connectivity index is 1.49. The van der Waals surface area contributed by atoms with Crippen LogP contribution in [0.1, 0.15) is 5.56 Å². The Hall–Kier alpha value is -3.54. The number of nitrogens with one attached hydrogen (secondary N) is 1. The van der Waals surface area contributed by atoms with Crippen LogP contribution >= 0.6 is 0 Å². The topological polar surface area (TPSA) is 66.8 Å². The quantitative estimate of drug-likeness (QED) is 0.611. The number of nitrogens with zero attached hydrogens (tertiary/aromatic N) is 5. The van der Waals surface area contributed by atoms with Crippen LogP contribution in [-0.4, -0.2) is 26.7 Å². The molecule has 0 unspecified atom stereocenters. The van der Waals surface area contributed by atoms with Gasteiger partial charge in [-0.05, 0) is 30.2 Å². The average Bonchev–Trinajstić information content (AvgIpc) is 3.13. The summed E-state index contributed by atoms with van der Waals surface area (Å²) in [5, 5.41) is 12.6. The zero-order valence-corrected chi connectivity index (χ0v) is 14.0. The van der Waals surface area contributed by atoms with Crippen LogP contribution in [0.4, 0.5) is 23.1 Å². The van der Waals surface area contributed by atoms with Crippen LogP contribution in [0, 0.1) is 0 Å². The van der Waals surface area contributed by atoms with Crippen molar-refractivity contribution in [2.75, 3.05) is 16.8 Å². The summed E-state index contributed by atoms with van der Waals surface area (Å²) in [5.41, 5.74) is 4.27. The average molecular weight is 340 g/mol. The van der Waals surface area contributed by atoms with Gasteiger partial charge in [0.1, 0.15) is 0 Å². The summed E-state index contributed by atoms with van der Waals surface area (Å²) in [5.74, 6) is 1.26. The van der Waals surface area contributed by atoms with Crippen molar-refractivity contribution in [3.8, 4) is 0 Å². The van der Waals surface area contributed by atoms with Gasteiger partial charge in [0.2, 0.25) is 5.95 Å². The number of aromatic nitrogens is 4. The fraction of sp³-hybridized carbons (Fsp3) is 0.100. The van der Waals surface area contributed by atoms with Gasteiger partial charge in [-0.1, -0.05) is 36.4 Å². The van der Waals surface area contributed by atoms with E-state index in [9.17, 15) is 0 Å². The molecule has 0 spiro atoms. The minimum atomic E-state index is 0.463. The van der Waals surface area contributed by atoms with Crippen LogP contribution in [0.2, 0.25) is 0 Å². The molecule has 5 rings (SSSR count). The second-order valence-corrected chi connectivity index (χ2v) is 6.17. The van der Waals surface area contributed by atoms with E-state index in [1.807, 2.05) is 36.4 Å². The number of rotatable bonds is 3. The fourth-order valence-corrected chi connectivity index (χ4v) is 3.38. The Bertz CT molecular complexity index is 1090. The van der Waals surface area contributed by atoms with E-state index in [-0.39, 0.29) is 0 Å². The van der Waals surface area contributed by atoms with Gasteiger partial charge in [-0.2, -0.15) is 10.1 Å². The number of hydrogen-bond acceptors (Lipinski definition) is 6. The van der Waals surface area contributed by atoms with E-state index in [0.717, 1.165) is 35.4 Å². The van der Waals surface area contributed by atoms with Gasteiger partial charge in [0.15, 0.2) is 5.82 Å². The molecular formula is C20H16N6. The van der Waals surface area contributed by atoms with Gasteiger partial charge in [0, 0.05) is 23.8 Å². The van der Waals surface area contributed by atoms with Gasteiger partial charge in [-0.15, -0.1) is 5.10 Å². The summed E-state index contributed by atoms with van der Waals surface area (Å²) in [7, 11) is 0. The zero-order chi connectivity index (χ0) is 17.3. The molecule has 0 radical (unpaired) electrons. The largest absolute Gasteiger partial charge is 0.324 e. The maximum absolute atomic E-state index is 4.67. The molecule has 0 aliphatic carbocycles. The lowest BCUT2D eigenvalue weighted by Crippen LogP contribution is -2.16. The van der Waals surface area contributed by atoms with Crippen molar-refractivity contribution in [1.29, 1.82) is 0 Å². The summed E-state index contributed by atoms with van der Waals surface area (Å²) in [6.07, 6.45) is 4.50. The van der Waals surface area contributed by atoms with Gasteiger partial charge in [-0.25, -0.2) is 0 Å². The molecule has 26 heavy (non-hydrogen) atoms. The van der Waals surface area contributed by atoms with Crippen molar-refractivity contribution in [3.63, 3.8) is 0 Å². The molecule has 0 saturated heterocycles. The summed E-state index contributed by atoms with van der Waals surface area (Å²) in [4.78, 5) is 11.3. The Labute approximate surface area is 150 Å². The Morgan fingerprint density at radius 3 is 2.88 bits per heavy atom. The summed E-state index contributed by atoms with van der Waals surface area (Å²) in [6, 6.07) is 18.3. The number of anilines is 4. The molecule has 1 aliphatic heterocycles. The molecule has 0 atom stereocenters. The third kappa shape index (κ3) is 2.52. The Morgan fingerprint density at radius 1 is 0.962 bits per heavy atom. The van der Waals surface area contributed by atoms with Gasteiger partial charge in [0.05, 0.1) is 17.4 Å². The summed E-state index contributed by atoms with van der Waals surface area (Å²) >= 11 is 0. The highest BCUT2D eigenvalue weighted by molar-refractivity contribution is 5.91. The third-order valence-corrected chi connectivity index (χ3v) is 4.59. The molecular weight excluding hydrogens is 324 g/mol. The second kappa shape index (κ2) is 6.07. The Morgan fingerprint density at radius 2 is 1.88 bits per heavy atom. The molecule has 126 valence electrons. The molecule has 3 heterocycles. The summed E-state index contributed by atoms with van der Waals surface area (Å²) < 4.78 is 0. The van der Waals surface area contributed by atoms with E-state index in [0.29, 0.717) is 5.95 Å². The van der Waals surface area contributed by atoms with Gasteiger partial charge >= 0.3 is 0 Å². The van der Waals surface area contributed by atoms with Gasteiger partial charge in [0.25, 0.3) is 0 Å². The first-order valence-corrected chi connectivity index (χ1v) is 8.54. The predicted octanol–water partition coefficient (Wildman–Crippen LogP) is 3.86. The van der Waals surface area contributed by atoms with Crippen molar-refractivity contribution in [2.45, 2.75) is 6.42 Å². The first-order chi connectivity index (χ1) is 12.9. The van der Waals surface area contributed by atoms with E-state index in [1.165, 1.54) is 11.3 Å². The van der Waals surface area contributed by atoms with Crippen molar-refractivity contribution in [3.05, 3.63) is 72.6 Å². The molecule has 2 aromatic heterocycles. The second-order valence-electron chi connectivity index (χ2n) is 6.17. The van der Waals surface area contributed by atoms with E-state index < -0.39 is 0 Å². The van der Waals surface area contributed by atoms with Crippen LogP contribution in [0.5, 0.6) is 0 Å². The standard InChI is InChI=1S/C20H16N6/c1-2-9-17-14(5-1)10-12-26(17)18-13-22-25-20(24-18)23-16-8-3-6-15-7-4-11-21-19(15)16/h1-9,11,13H,10,12H2,(H,23,24,25). The molecule has 6 heteroatoms. The number of fused-ring (bicyclic) bond motifs is 2. The molecule has 1 aliphatic rings. The first kappa shape index (κ1) is 14.8. The maximum Gasteiger partial charge on any atom is 0.249 e. The minimum Gasteiger partial charge on any atom is -0.324 e. The van der Waals surface area contributed by atoms with Crippen LogP contribution in [-0.2, 0) is 6.42 Å². The molecule has 2 aromatic carbocycles. The van der Waals surface area contributed by atoms with Crippen molar-refractivity contribution >= 4 is 34.0 Å². The SMILES string of the molecule is c1ccc2c(c1)CCN2c1cnnc(Nc2cccc3cccnc23)n1. The molecule has 0 bridgehead atoms. The number of para-hydroxylation sites is 2. The lowest BCUT2D eigenvalue weighted by atomic mass is 10.2. The van der Waals surface area contributed by atoms with Crippen LogP contribution in [0.15, 0.2) is 67.0 Å². The lowest BCUT2D eigenvalue weighted by molar-refractivity contribution is 0.920. The molecule has 0 saturated carbocycles. The highest BCUT2D eigenvalue weighted by Gasteiger charge is 2.21. The molecule has 0 fully saturated rings. The van der Waals surface area contributed by atoms with Gasteiger partial charge in [-0.3, -0.25) is 4.98 Å². The van der Waals surface area contributed by atoms with E-state index >= 15 is 0 Å². The Kier molecular flexibility index (Phi) is 3.45. The van der Waals surface area contributed by atoms with Crippen molar-refractivity contribution in [2.24, 2.45) is 0 Å². The van der Waals surface area contributed by atoms with Crippen molar-refractivity contribution in [1.82, 2.24) is 20.2 Å². The molecule has 4 aromatic rings. The number of benzene rings is 2. The molecule has 0 amide bonds. The van der Waals surface area contributed by atoms with Crippen LogP contribution in [0.25, 0.3) is 10.9 Å². The van der Waals surface area contributed by atoms with Gasteiger partial charge < -0.3 is 10.2 Å². The normalized spacial score (nSPS) is 13.0. The van der Waals surface area contributed by atoms with Crippen LogP contribution in [0.3, 0.4) is 0 Å². The van der Waals surface area contributed by atoms with Crippen molar-refractivity contribution < 1.29 is 0 Å². The first-order valence-electron chi connectivity index (χ1n) is 8.54. The smallest absolute Gasteiger partial charge is 0.249 e. The zero-order valence-electron chi connectivity index (χ0n) is 14.0. The fourth-order valence-electron chi connectivity index (χ4n) is 3.38. The predicted molar refractivity (Wildman–Crippen MR) is 102 cm³/mol. The van der Waals surface area contributed by atoms with Crippen LogP contribution < -0.4 is 10.2 Å². The highest BCUT2D eigenvalue weighted by atomic mass is 15.3. The number of pyridine rings is 1. The third-order valence-electron chi connectivity index (χ3n) is 4.59. The molecule has 6 nitrogen and oxygen atoms in total. The number of hydrogen-bond donors (Lipinski definition) is 1. The van der Waals surface area contributed by atoms with E-state index in [2.05, 4.69) is 48.6 Å². The minimum absolute atomic E-state index is 0.463. The monoisotopic (exact) mass is 340 g/mol. The lowest BCUT2D eigenvalue weighted by Gasteiger charge is -2.18. The highest BCUT2D eigenvalue weighted by Crippen LogP contribution is 2.33. The summed E-state index contributed by atoms with van der Waals surface area (Å²) in [6.45, 7) is 0.896. The van der Waals surface area contributed by atoms with E-state index in [4.69, 9.17) is 0 Å². The molecule has 1 N–H and O–H groups in total. The maximum atomic E-state index is 4.67. The van der Waals surface area contributed by atoms with E-state index in [1.54, 1.807) is 12.4 Å².